The molecule has 0 spiro atoms. The minimum atomic E-state index is 0.420. The molecule has 0 bridgehead atoms. The van der Waals surface area contributed by atoms with E-state index in [0.717, 1.165) is 37.4 Å². The Bertz CT molecular complexity index is 436. The van der Waals surface area contributed by atoms with E-state index in [1.807, 2.05) is 24.3 Å². The average Bonchev–Trinajstić information content (AvgIpc) is 2.39. The van der Waals surface area contributed by atoms with Crippen molar-refractivity contribution in [3.05, 3.63) is 29.8 Å². The molecule has 1 saturated heterocycles. The number of likely N-dealkylation sites (N-methyl/N-ethyl adjacent to an activating group) is 1. The molecule has 0 aromatic heterocycles. The zero-order valence-electron chi connectivity index (χ0n) is 11.1. The van der Waals surface area contributed by atoms with Gasteiger partial charge in [-0.1, -0.05) is 12.1 Å². The summed E-state index contributed by atoms with van der Waals surface area (Å²) < 4.78 is 0. The number of rotatable bonds is 3. The van der Waals surface area contributed by atoms with E-state index in [4.69, 9.17) is 0 Å². The number of nitrogens with zero attached hydrogens (tertiary/aromatic N) is 3. The van der Waals surface area contributed by atoms with Gasteiger partial charge in [0.2, 0.25) is 0 Å². The van der Waals surface area contributed by atoms with Crippen molar-refractivity contribution in [2.24, 2.45) is 0 Å². The molecule has 1 unspecified atom stereocenters. The van der Waals surface area contributed by atoms with E-state index in [9.17, 15) is 5.26 Å². The van der Waals surface area contributed by atoms with Crippen LogP contribution in [0.1, 0.15) is 5.56 Å². The van der Waals surface area contributed by atoms with Gasteiger partial charge < -0.3 is 15.1 Å². The summed E-state index contributed by atoms with van der Waals surface area (Å²) in [6.07, 6.45) is 0. The quantitative estimate of drug-likeness (QED) is 0.858. The van der Waals surface area contributed by atoms with Crippen molar-refractivity contribution in [1.82, 2.24) is 10.2 Å². The Kier molecular flexibility index (Phi) is 4.19. The molecule has 18 heavy (non-hydrogen) atoms. The molecule has 1 heterocycles. The summed E-state index contributed by atoms with van der Waals surface area (Å²) in [6.45, 7) is 3.89. The van der Waals surface area contributed by atoms with Crippen molar-refractivity contribution in [3.63, 3.8) is 0 Å². The van der Waals surface area contributed by atoms with Gasteiger partial charge in [0.15, 0.2) is 0 Å². The van der Waals surface area contributed by atoms with Crippen LogP contribution in [0.3, 0.4) is 0 Å². The third-order valence-corrected chi connectivity index (χ3v) is 3.26. The number of hydrogen-bond acceptors (Lipinski definition) is 4. The van der Waals surface area contributed by atoms with Crippen LogP contribution in [0.5, 0.6) is 0 Å². The van der Waals surface area contributed by atoms with Gasteiger partial charge in [-0.3, -0.25) is 0 Å². The van der Waals surface area contributed by atoms with Crippen LogP contribution >= 0.6 is 0 Å². The number of nitrogens with one attached hydrogen (secondary N) is 1. The Morgan fingerprint density at radius 1 is 1.44 bits per heavy atom. The van der Waals surface area contributed by atoms with Gasteiger partial charge in [0.1, 0.15) is 6.07 Å². The lowest BCUT2D eigenvalue weighted by atomic mass is 10.1. The van der Waals surface area contributed by atoms with Crippen LogP contribution in [-0.2, 0) is 0 Å². The fraction of sp³-hybridized carbons (Fsp3) is 0.500. The third-order valence-electron chi connectivity index (χ3n) is 3.26. The SMILES string of the molecule is CN(C)CC1CNCCN1c1ccccc1C#N. The van der Waals surface area contributed by atoms with Crippen LogP contribution in [-0.4, -0.2) is 51.2 Å². The zero-order valence-corrected chi connectivity index (χ0v) is 11.1. The topological polar surface area (TPSA) is 42.3 Å². The largest absolute Gasteiger partial charge is 0.364 e. The normalized spacial score (nSPS) is 19.9. The van der Waals surface area contributed by atoms with Crippen LogP contribution in [0.2, 0.25) is 0 Å². The lowest BCUT2D eigenvalue weighted by molar-refractivity contribution is 0.336. The number of benzene rings is 1. The molecule has 0 aliphatic carbocycles. The molecule has 0 amide bonds. The second kappa shape index (κ2) is 5.85. The Morgan fingerprint density at radius 2 is 2.22 bits per heavy atom. The first kappa shape index (κ1) is 12.9. The van der Waals surface area contributed by atoms with Crippen LogP contribution in [0.25, 0.3) is 0 Å². The van der Waals surface area contributed by atoms with Crippen molar-refractivity contribution in [2.45, 2.75) is 6.04 Å². The molecule has 2 rings (SSSR count). The molecule has 4 nitrogen and oxygen atoms in total. The van der Waals surface area contributed by atoms with Crippen molar-refractivity contribution in [1.29, 1.82) is 5.26 Å². The van der Waals surface area contributed by atoms with Crippen molar-refractivity contribution in [2.75, 3.05) is 45.2 Å². The first-order valence-corrected chi connectivity index (χ1v) is 6.33. The van der Waals surface area contributed by atoms with Crippen molar-refractivity contribution < 1.29 is 0 Å². The summed E-state index contributed by atoms with van der Waals surface area (Å²) in [5.41, 5.74) is 1.83. The Balaban J connectivity index is 2.25. The highest BCUT2D eigenvalue weighted by molar-refractivity contribution is 5.60. The maximum absolute atomic E-state index is 9.21. The van der Waals surface area contributed by atoms with E-state index in [1.165, 1.54) is 0 Å². The van der Waals surface area contributed by atoms with Crippen molar-refractivity contribution >= 4 is 5.69 Å². The van der Waals surface area contributed by atoms with Crippen LogP contribution in [0, 0.1) is 11.3 Å². The maximum Gasteiger partial charge on any atom is 0.101 e. The number of nitriles is 1. The fourth-order valence-corrected chi connectivity index (χ4v) is 2.48. The summed E-state index contributed by atoms with van der Waals surface area (Å²) in [6, 6.07) is 10.6. The molecular weight excluding hydrogens is 224 g/mol. The van der Waals surface area contributed by atoms with Crippen LogP contribution in [0.4, 0.5) is 5.69 Å². The minimum absolute atomic E-state index is 0.420. The molecule has 4 heteroatoms. The molecular formula is C14H20N4. The van der Waals surface area contributed by atoms with Crippen molar-refractivity contribution in [3.8, 4) is 6.07 Å². The van der Waals surface area contributed by atoms with Gasteiger partial charge in [-0.05, 0) is 26.2 Å². The number of para-hydroxylation sites is 1. The van der Waals surface area contributed by atoms with E-state index in [1.54, 1.807) is 0 Å². The molecule has 1 N–H and O–H groups in total. The summed E-state index contributed by atoms with van der Waals surface area (Å²) in [5, 5.41) is 12.6. The van der Waals surface area contributed by atoms with Gasteiger partial charge in [-0.2, -0.15) is 5.26 Å². The third kappa shape index (κ3) is 2.81. The summed E-state index contributed by atoms with van der Waals surface area (Å²) in [7, 11) is 4.17. The van der Waals surface area contributed by atoms with Crippen LogP contribution in [0.15, 0.2) is 24.3 Å². The Morgan fingerprint density at radius 3 is 2.94 bits per heavy atom. The van der Waals surface area contributed by atoms with E-state index >= 15 is 0 Å². The maximum atomic E-state index is 9.21. The second-order valence-electron chi connectivity index (χ2n) is 4.94. The zero-order chi connectivity index (χ0) is 13.0. The Hall–Kier alpha value is -1.57. The van der Waals surface area contributed by atoms with Gasteiger partial charge in [0.25, 0.3) is 0 Å². The predicted molar refractivity (Wildman–Crippen MR) is 73.7 cm³/mol. The molecule has 0 radical (unpaired) electrons. The van der Waals surface area contributed by atoms with Gasteiger partial charge >= 0.3 is 0 Å². The molecule has 1 atom stereocenters. The first-order valence-electron chi connectivity index (χ1n) is 6.33. The molecule has 1 aliphatic heterocycles. The number of anilines is 1. The predicted octanol–water partition coefficient (Wildman–Crippen LogP) is 0.898. The fourth-order valence-electron chi connectivity index (χ4n) is 2.48. The Labute approximate surface area is 109 Å². The summed E-state index contributed by atoms with van der Waals surface area (Å²) >= 11 is 0. The van der Waals surface area contributed by atoms with Gasteiger partial charge in [-0.25, -0.2) is 0 Å². The monoisotopic (exact) mass is 244 g/mol. The standard InChI is InChI=1S/C14H20N4/c1-17(2)11-13-10-16-7-8-18(13)14-6-4-3-5-12(14)9-15/h3-6,13,16H,7-8,10-11H2,1-2H3. The molecule has 96 valence electrons. The lowest BCUT2D eigenvalue weighted by Crippen LogP contribution is -2.55. The minimum Gasteiger partial charge on any atom is -0.364 e. The summed E-state index contributed by atoms with van der Waals surface area (Å²) in [5.74, 6) is 0. The number of hydrogen-bond donors (Lipinski definition) is 1. The van der Waals surface area contributed by atoms with Crippen LogP contribution < -0.4 is 10.2 Å². The van der Waals surface area contributed by atoms with E-state index < -0.39 is 0 Å². The first-order chi connectivity index (χ1) is 8.72. The molecule has 0 saturated carbocycles. The van der Waals surface area contributed by atoms with Gasteiger partial charge in [-0.15, -0.1) is 0 Å². The highest BCUT2D eigenvalue weighted by Gasteiger charge is 2.24. The number of piperazine rings is 1. The molecule has 1 aliphatic rings. The van der Waals surface area contributed by atoms with Gasteiger partial charge in [0, 0.05) is 26.2 Å². The molecule has 1 aromatic rings. The average molecular weight is 244 g/mol. The molecule has 1 aromatic carbocycles. The highest BCUT2D eigenvalue weighted by Crippen LogP contribution is 2.22. The van der Waals surface area contributed by atoms with E-state index in [0.29, 0.717) is 6.04 Å². The second-order valence-corrected chi connectivity index (χ2v) is 4.94. The smallest absolute Gasteiger partial charge is 0.101 e. The highest BCUT2D eigenvalue weighted by atomic mass is 15.3. The lowest BCUT2D eigenvalue weighted by Gasteiger charge is -2.39. The van der Waals surface area contributed by atoms with Gasteiger partial charge in [0.05, 0.1) is 17.3 Å². The van der Waals surface area contributed by atoms with E-state index in [2.05, 4.69) is 35.3 Å². The van der Waals surface area contributed by atoms with E-state index in [-0.39, 0.29) is 0 Å². The summed E-state index contributed by atoms with van der Waals surface area (Å²) in [4.78, 5) is 4.55. The molecule has 1 fully saturated rings.